The van der Waals surface area contributed by atoms with Crippen molar-refractivity contribution < 1.29 is 10.2 Å². The number of unbranched alkanes of at least 4 members (excludes halogenated alkanes) is 2. The summed E-state index contributed by atoms with van der Waals surface area (Å²) in [6.45, 7) is 4.30. The summed E-state index contributed by atoms with van der Waals surface area (Å²) in [5, 5.41) is 16.8. The first kappa shape index (κ1) is 16.9. The van der Waals surface area contributed by atoms with E-state index in [0.717, 1.165) is 12.0 Å². The highest BCUT2D eigenvalue weighted by Crippen LogP contribution is 2.12. The van der Waals surface area contributed by atoms with E-state index in [4.69, 9.17) is 5.11 Å². The van der Waals surface area contributed by atoms with E-state index in [1.165, 1.54) is 24.8 Å². The molecule has 0 aliphatic rings. The van der Waals surface area contributed by atoms with E-state index in [-0.39, 0.29) is 13.2 Å². The minimum Gasteiger partial charge on any atom is -0.397 e. The van der Waals surface area contributed by atoms with Gasteiger partial charge in [0.15, 0.2) is 0 Å². The van der Waals surface area contributed by atoms with Gasteiger partial charge in [-0.25, -0.2) is 0 Å². The van der Waals surface area contributed by atoms with Gasteiger partial charge in [0.05, 0.1) is 6.61 Å². The van der Waals surface area contributed by atoms with Crippen molar-refractivity contribution in [3.05, 3.63) is 41.5 Å². The molecule has 0 amide bonds. The lowest BCUT2D eigenvalue weighted by Crippen LogP contribution is -1.91. The molecule has 0 atom stereocenters. The molecule has 1 rings (SSSR count). The molecule has 1 aromatic rings. The van der Waals surface area contributed by atoms with Crippen LogP contribution in [0.5, 0.6) is 0 Å². The molecule has 18 heavy (non-hydrogen) atoms. The van der Waals surface area contributed by atoms with Gasteiger partial charge in [-0.05, 0) is 30.9 Å². The molecule has 0 unspecified atom stereocenters. The summed E-state index contributed by atoms with van der Waals surface area (Å²) in [7, 11) is 0. The van der Waals surface area contributed by atoms with Crippen molar-refractivity contribution in [2.45, 2.75) is 39.5 Å². The first-order valence-electron chi connectivity index (χ1n) is 6.74. The molecule has 2 heteroatoms. The van der Waals surface area contributed by atoms with Crippen molar-refractivity contribution in [2.24, 2.45) is 0 Å². The van der Waals surface area contributed by atoms with Crippen LogP contribution < -0.4 is 0 Å². The Labute approximate surface area is 111 Å². The number of hydrogen-bond acceptors (Lipinski definition) is 2. The summed E-state index contributed by atoms with van der Waals surface area (Å²) in [5.74, 6) is 0. The lowest BCUT2D eigenvalue weighted by molar-refractivity contribution is 0.318. The Bertz CT molecular complexity index is 304. The minimum atomic E-state index is 0.179. The fourth-order valence-corrected chi connectivity index (χ4v) is 1.58. The van der Waals surface area contributed by atoms with Crippen LogP contribution in [0.4, 0.5) is 0 Å². The van der Waals surface area contributed by atoms with Gasteiger partial charge in [-0.3, -0.25) is 0 Å². The van der Waals surface area contributed by atoms with Crippen molar-refractivity contribution in [1.82, 2.24) is 0 Å². The van der Waals surface area contributed by atoms with Crippen LogP contribution in [0, 0.1) is 0 Å². The molecule has 0 saturated heterocycles. The second-order valence-electron chi connectivity index (χ2n) is 4.14. The predicted molar refractivity (Wildman–Crippen MR) is 78.4 cm³/mol. The van der Waals surface area contributed by atoms with Crippen molar-refractivity contribution >= 4 is 6.08 Å². The van der Waals surface area contributed by atoms with Crippen LogP contribution in [-0.2, 0) is 0 Å². The van der Waals surface area contributed by atoms with Crippen molar-refractivity contribution in [2.75, 3.05) is 13.2 Å². The van der Waals surface area contributed by atoms with Crippen LogP contribution in [0.2, 0.25) is 0 Å². The highest BCUT2D eigenvalue weighted by Gasteiger charge is 1.96. The predicted octanol–water partition coefficient (Wildman–Crippen LogP) is 3.64. The average Bonchev–Trinajstić information content (AvgIpc) is 2.40. The van der Waals surface area contributed by atoms with E-state index < -0.39 is 0 Å². The zero-order valence-electron chi connectivity index (χ0n) is 11.6. The van der Waals surface area contributed by atoms with E-state index in [0.29, 0.717) is 0 Å². The van der Waals surface area contributed by atoms with Crippen LogP contribution >= 0.6 is 0 Å². The third-order valence-electron chi connectivity index (χ3n) is 2.47. The lowest BCUT2D eigenvalue weighted by Gasteiger charge is -2.03. The molecule has 0 heterocycles. The largest absolute Gasteiger partial charge is 0.397 e. The van der Waals surface area contributed by atoms with Gasteiger partial charge in [-0.2, -0.15) is 0 Å². The molecule has 1 aromatic carbocycles. The minimum absolute atomic E-state index is 0.179. The quantitative estimate of drug-likeness (QED) is 0.757. The van der Waals surface area contributed by atoms with E-state index in [2.05, 4.69) is 25.1 Å². The average molecular weight is 250 g/mol. The van der Waals surface area contributed by atoms with E-state index in [1.54, 1.807) is 6.92 Å². The zero-order valence-corrected chi connectivity index (χ0v) is 11.6. The summed E-state index contributed by atoms with van der Waals surface area (Å²) in [5.41, 5.74) is 2.31. The van der Waals surface area contributed by atoms with E-state index in [1.807, 2.05) is 18.2 Å². The number of rotatable bonds is 6. The fourth-order valence-electron chi connectivity index (χ4n) is 1.58. The number of aliphatic hydroxyl groups excluding tert-OH is 2. The van der Waals surface area contributed by atoms with Crippen LogP contribution in [0.25, 0.3) is 6.08 Å². The van der Waals surface area contributed by atoms with E-state index in [9.17, 15) is 5.11 Å². The second-order valence-corrected chi connectivity index (χ2v) is 4.14. The summed E-state index contributed by atoms with van der Waals surface area (Å²) < 4.78 is 0. The number of hydrogen-bond donors (Lipinski definition) is 2. The first-order valence-corrected chi connectivity index (χ1v) is 6.74. The molecular formula is C16H26O2. The summed E-state index contributed by atoms with van der Waals surface area (Å²) in [4.78, 5) is 0. The van der Waals surface area contributed by atoms with Crippen LogP contribution in [0.1, 0.15) is 45.1 Å². The lowest BCUT2D eigenvalue weighted by atomic mass is 10.1. The van der Waals surface area contributed by atoms with Gasteiger partial charge in [0.2, 0.25) is 0 Å². The summed E-state index contributed by atoms with van der Waals surface area (Å²) >= 11 is 0. The third-order valence-corrected chi connectivity index (χ3v) is 2.47. The maximum absolute atomic E-state index is 9.22. The maximum Gasteiger partial charge on any atom is 0.0645 e. The molecule has 0 bridgehead atoms. The van der Waals surface area contributed by atoms with Gasteiger partial charge >= 0.3 is 0 Å². The molecule has 0 radical (unpaired) electrons. The van der Waals surface area contributed by atoms with E-state index >= 15 is 0 Å². The molecule has 0 aliphatic carbocycles. The van der Waals surface area contributed by atoms with Crippen molar-refractivity contribution in [3.63, 3.8) is 0 Å². The van der Waals surface area contributed by atoms with Crippen LogP contribution in [-0.4, -0.2) is 23.4 Å². The van der Waals surface area contributed by atoms with Crippen molar-refractivity contribution in [3.8, 4) is 0 Å². The molecule has 0 spiro atoms. The molecule has 2 N–H and O–H groups in total. The number of aliphatic hydroxyl groups is 2. The second kappa shape index (κ2) is 12.3. The fraction of sp³-hybridized carbons (Fsp3) is 0.500. The third kappa shape index (κ3) is 8.97. The van der Waals surface area contributed by atoms with Gasteiger partial charge in [-0.15, -0.1) is 0 Å². The molecule has 0 saturated carbocycles. The molecule has 2 nitrogen and oxygen atoms in total. The SMILES string of the molecule is CCCCCC(=Cc1ccccc1)CO.CCO. The normalized spacial score (nSPS) is 10.8. The smallest absolute Gasteiger partial charge is 0.0645 e. The summed E-state index contributed by atoms with van der Waals surface area (Å²) in [6.07, 6.45) is 6.75. The van der Waals surface area contributed by atoms with Gasteiger partial charge < -0.3 is 10.2 Å². The molecule has 0 aliphatic heterocycles. The highest BCUT2D eigenvalue weighted by atomic mass is 16.3. The molecule has 102 valence electrons. The molecular weight excluding hydrogens is 224 g/mol. The van der Waals surface area contributed by atoms with Gasteiger partial charge in [-0.1, -0.05) is 56.2 Å². The highest BCUT2D eigenvalue weighted by molar-refractivity contribution is 5.52. The Balaban J connectivity index is 0.000000873. The Morgan fingerprint density at radius 3 is 2.17 bits per heavy atom. The topological polar surface area (TPSA) is 40.5 Å². The maximum atomic E-state index is 9.22. The van der Waals surface area contributed by atoms with Gasteiger partial charge in [0.25, 0.3) is 0 Å². The molecule has 0 fully saturated rings. The number of benzene rings is 1. The van der Waals surface area contributed by atoms with Crippen LogP contribution in [0.3, 0.4) is 0 Å². The first-order chi connectivity index (χ1) is 8.78. The Morgan fingerprint density at radius 2 is 1.67 bits per heavy atom. The monoisotopic (exact) mass is 250 g/mol. The Kier molecular flexibility index (Phi) is 11.6. The van der Waals surface area contributed by atoms with Gasteiger partial charge in [0.1, 0.15) is 0 Å². The molecule has 0 aromatic heterocycles. The van der Waals surface area contributed by atoms with Crippen molar-refractivity contribution in [1.29, 1.82) is 0 Å². The van der Waals surface area contributed by atoms with Gasteiger partial charge in [0, 0.05) is 6.61 Å². The van der Waals surface area contributed by atoms with Crippen LogP contribution in [0.15, 0.2) is 35.9 Å². The standard InChI is InChI=1S/C14H20O.C2H6O/c1-2-3-5-10-14(12-15)11-13-8-6-4-7-9-13;1-2-3/h4,6-9,11,15H,2-3,5,10,12H2,1H3;3H,2H2,1H3. The summed E-state index contributed by atoms with van der Waals surface area (Å²) in [6, 6.07) is 10.2. The zero-order chi connectivity index (χ0) is 13.6. The Hall–Kier alpha value is -1.12. The Morgan fingerprint density at radius 1 is 1.06 bits per heavy atom.